The van der Waals surface area contributed by atoms with Crippen LogP contribution in [0, 0.1) is 11.3 Å². The van der Waals surface area contributed by atoms with Crippen molar-refractivity contribution in [2.45, 2.75) is 11.3 Å². The molecular weight excluding hydrogens is 344 g/mol. The molecule has 1 heterocycles. The minimum atomic E-state index is -3.57. The number of methoxy groups -OCH3 is 1. The number of nitriles is 1. The van der Waals surface area contributed by atoms with Gasteiger partial charge in [0, 0.05) is 25.9 Å². The Morgan fingerprint density at radius 3 is 2.64 bits per heavy atom. The zero-order valence-corrected chi connectivity index (χ0v) is 14.4. The van der Waals surface area contributed by atoms with E-state index in [-0.39, 0.29) is 22.2 Å². The van der Waals surface area contributed by atoms with Crippen molar-refractivity contribution in [3.05, 3.63) is 36.0 Å². The van der Waals surface area contributed by atoms with E-state index in [1.165, 1.54) is 18.3 Å². The van der Waals surface area contributed by atoms with E-state index in [2.05, 4.69) is 20.0 Å². The van der Waals surface area contributed by atoms with E-state index >= 15 is 0 Å². The number of nitrogen functional groups attached to an aromatic ring is 1. The Labute approximate surface area is 145 Å². The van der Waals surface area contributed by atoms with Gasteiger partial charge in [-0.25, -0.2) is 18.1 Å². The number of hydrogen-bond donors (Lipinski definition) is 3. The van der Waals surface area contributed by atoms with Crippen LogP contribution in [0.15, 0.2) is 35.4 Å². The molecule has 132 valence electrons. The molecule has 10 heteroatoms. The number of nitrogens with one attached hydrogen (secondary N) is 2. The topological polar surface area (TPSA) is 143 Å². The molecule has 0 saturated carbocycles. The average Bonchev–Trinajstić information content (AvgIpc) is 2.59. The van der Waals surface area contributed by atoms with E-state index in [0.717, 1.165) is 0 Å². The van der Waals surface area contributed by atoms with Crippen LogP contribution in [-0.2, 0) is 14.8 Å². The number of sulfonamides is 1. The van der Waals surface area contributed by atoms with Crippen LogP contribution in [0.25, 0.3) is 0 Å². The van der Waals surface area contributed by atoms with Crippen molar-refractivity contribution >= 4 is 27.5 Å². The molecular formula is C15H18N6O3S. The summed E-state index contributed by atoms with van der Waals surface area (Å²) in [7, 11) is -2.01. The molecule has 0 fully saturated rings. The zero-order chi connectivity index (χ0) is 18.3. The van der Waals surface area contributed by atoms with Gasteiger partial charge >= 0.3 is 0 Å². The van der Waals surface area contributed by atoms with Crippen molar-refractivity contribution in [2.75, 3.05) is 31.3 Å². The van der Waals surface area contributed by atoms with Gasteiger partial charge in [-0.05, 0) is 30.7 Å². The third kappa shape index (κ3) is 5.12. The highest BCUT2D eigenvalue weighted by atomic mass is 32.2. The van der Waals surface area contributed by atoms with E-state index in [4.69, 9.17) is 15.7 Å². The van der Waals surface area contributed by atoms with Gasteiger partial charge in [0.05, 0.1) is 11.1 Å². The Hall–Kier alpha value is -2.74. The van der Waals surface area contributed by atoms with E-state index in [1.807, 2.05) is 6.07 Å². The number of hydrogen-bond acceptors (Lipinski definition) is 8. The van der Waals surface area contributed by atoms with Crippen LogP contribution in [-0.4, -0.2) is 38.6 Å². The van der Waals surface area contributed by atoms with Crippen molar-refractivity contribution in [2.24, 2.45) is 0 Å². The smallest absolute Gasteiger partial charge is 0.240 e. The maximum atomic E-state index is 12.1. The maximum Gasteiger partial charge on any atom is 0.240 e. The number of ether oxygens (including phenoxy) is 1. The van der Waals surface area contributed by atoms with Gasteiger partial charge in [0.15, 0.2) is 0 Å². The second kappa shape index (κ2) is 8.39. The monoisotopic (exact) mass is 362 g/mol. The first-order valence-electron chi connectivity index (χ1n) is 7.34. The highest BCUT2D eigenvalue weighted by molar-refractivity contribution is 7.89. The first-order chi connectivity index (χ1) is 12.0. The summed E-state index contributed by atoms with van der Waals surface area (Å²) in [5.74, 6) is 0.282. The number of aromatic nitrogens is 2. The van der Waals surface area contributed by atoms with Gasteiger partial charge in [-0.15, -0.1) is 0 Å². The number of nitrogens with two attached hydrogens (primary N) is 1. The fraction of sp³-hybridized carbons (Fsp3) is 0.267. The summed E-state index contributed by atoms with van der Waals surface area (Å²) in [6.45, 7) is 0.785. The maximum absolute atomic E-state index is 12.1. The third-order valence-electron chi connectivity index (χ3n) is 3.18. The fourth-order valence-corrected chi connectivity index (χ4v) is 2.97. The summed E-state index contributed by atoms with van der Waals surface area (Å²) in [6.07, 6.45) is 1.90. The molecule has 9 nitrogen and oxygen atoms in total. The molecule has 25 heavy (non-hydrogen) atoms. The minimum Gasteiger partial charge on any atom is -0.385 e. The van der Waals surface area contributed by atoms with Crippen LogP contribution in [0.4, 0.5) is 17.5 Å². The predicted molar refractivity (Wildman–Crippen MR) is 92.6 cm³/mol. The largest absolute Gasteiger partial charge is 0.385 e. The third-order valence-corrected chi connectivity index (χ3v) is 4.65. The molecule has 0 saturated heterocycles. The molecule has 0 unspecified atom stereocenters. The van der Waals surface area contributed by atoms with Crippen molar-refractivity contribution in [1.29, 1.82) is 5.26 Å². The second-order valence-corrected chi connectivity index (χ2v) is 6.76. The molecule has 1 aromatic heterocycles. The molecule has 0 atom stereocenters. The molecule has 0 amide bonds. The summed E-state index contributed by atoms with van der Waals surface area (Å²) in [4.78, 5) is 8.08. The molecule has 0 aliphatic heterocycles. The van der Waals surface area contributed by atoms with Gasteiger partial charge in [-0.2, -0.15) is 10.2 Å². The van der Waals surface area contributed by atoms with Gasteiger partial charge in [0.1, 0.15) is 17.5 Å². The van der Waals surface area contributed by atoms with Crippen molar-refractivity contribution in [1.82, 2.24) is 14.7 Å². The van der Waals surface area contributed by atoms with Gasteiger partial charge in [-0.3, -0.25) is 0 Å². The summed E-state index contributed by atoms with van der Waals surface area (Å²) in [6, 6.07) is 7.98. The quantitative estimate of drug-likeness (QED) is 0.590. The Morgan fingerprint density at radius 1 is 1.32 bits per heavy atom. The lowest BCUT2D eigenvalue weighted by Gasteiger charge is -2.09. The normalized spacial score (nSPS) is 11.0. The van der Waals surface area contributed by atoms with Gasteiger partial charge in [0.2, 0.25) is 16.0 Å². The Kier molecular flexibility index (Phi) is 6.24. The van der Waals surface area contributed by atoms with Crippen molar-refractivity contribution < 1.29 is 13.2 Å². The second-order valence-electron chi connectivity index (χ2n) is 5.00. The van der Waals surface area contributed by atoms with Crippen LogP contribution >= 0.6 is 0 Å². The minimum absolute atomic E-state index is 0.0689. The van der Waals surface area contributed by atoms with E-state index in [9.17, 15) is 8.42 Å². The summed E-state index contributed by atoms with van der Waals surface area (Å²) < 4.78 is 31.6. The molecule has 2 aromatic rings. The Balaban J connectivity index is 2.04. The number of rotatable bonds is 8. The number of benzene rings is 1. The Morgan fingerprint density at radius 2 is 2.04 bits per heavy atom. The highest BCUT2D eigenvalue weighted by Crippen LogP contribution is 2.18. The molecule has 0 aliphatic carbocycles. The van der Waals surface area contributed by atoms with Crippen LogP contribution in [0.2, 0.25) is 0 Å². The number of nitrogens with zero attached hydrogens (tertiary/aromatic N) is 3. The van der Waals surface area contributed by atoms with Crippen molar-refractivity contribution in [3.8, 4) is 6.07 Å². The van der Waals surface area contributed by atoms with Gasteiger partial charge < -0.3 is 15.8 Å². The van der Waals surface area contributed by atoms with Crippen LogP contribution < -0.4 is 15.8 Å². The number of anilines is 3. The Bertz CT molecular complexity index is 862. The standard InChI is InChI=1S/C15H18N6O3S/c1-24-8-2-7-19-25(22,23)13-5-3-12(4-6-13)20-15-18-10-11(9-16)14(17)21-15/h3-6,10,19H,2,7-8H2,1H3,(H3,17,18,20,21). The van der Waals surface area contributed by atoms with Crippen LogP contribution in [0.1, 0.15) is 12.0 Å². The molecule has 0 bridgehead atoms. The highest BCUT2D eigenvalue weighted by Gasteiger charge is 2.13. The predicted octanol–water partition coefficient (Wildman–Crippen LogP) is 0.989. The lowest BCUT2D eigenvalue weighted by atomic mass is 10.3. The molecule has 1 aromatic carbocycles. The van der Waals surface area contributed by atoms with E-state index in [1.54, 1.807) is 19.2 Å². The summed E-state index contributed by atoms with van der Waals surface area (Å²) in [5.41, 5.74) is 6.40. The molecule has 2 rings (SSSR count). The lowest BCUT2D eigenvalue weighted by molar-refractivity contribution is 0.196. The lowest BCUT2D eigenvalue weighted by Crippen LogP contribution is -2.25. The molecule has 4 N–H and O–H groups in total. The van der Waals surface area contributed by atoms with Gasteiger partial charge in [-0.1, -0.05) is 0 Å². The molecule has 0 spiro atoms. The molecule has 0 radical (unpaired) electrons. The van der Waals surface area contributed by atoms with Gasteiger partial charge in [0.25, 0.3) is 0 Å². The van der Waals surface area contributed by atoms with E-state index < -0.39 is 10.0 Å². The fourth-order valence-electron chi connectivity index (χ4n) is 1.89. The van der Waals surface area contributed by atoms with E-state index in [0.29, 0.717) is 25.3 Å². The SMILES string of the molecule is COCCCNS(=O)(=O)c1ccc(Nc2ncc(C#N)c(N)n2)cc1. The first-order valence-corrected chi connectivity index (χ1v) is 8.83. The zero-order valence-electron chi connectivity index (χ0n) is 13.6. The average molecular weight is 362 g/mol. The summed E-state index contributed by atoms with van der Waals surface area (Å²) >= 11 is 0. The van der Waals surface area contributed by atoms with Crippen LogP contribution in [0.3, 0.4) is 0 Å². The van der Waals surface area contributed by atoms with Crippen molar-refractivity contribution in [3.63, 3.8) is 0 Å². The van der Waals surface area contributed by atoms with Crippen LogP contribution in [0.5, 0.6) is 0 Å². The molecule has 0 aliphatic rings. The first kappa shape index (κ1) is 18.6. The summed E-state index contributed by atoms with van der Waals surface area (Å²) in [5, 5.41) is 11.7.